The van der Waals surface area contributed by atoms with E-state index >= 15 is 0 Å². The molecule has 4 nitrogen and oxygen atoms in total. The largest absolute Gasteiger partial charge is 0.380 e. The number of methoxy groups -OCH3 is 2. The SMILES string of the molecule is COCc1ccccc1CNC(=O)[C@H](C)OC. The van der Waals surface area contributed by atoms with Crippen LogP contribution in [0.5, 0.6) is 0 Å². The van der Waals surface area contributed by atoms with Gasteiger partial charge in [-0.3, -0.25) is 4.79 Å². The monoisotopic (exact) mass is 237 g/mol. The number of carbonyl (C=O) groups excluding carboxylic acids is 1. The van der Waals surface area contributed by atoms with Gasteiger partial charge in [-0.1, -0.05) is 24.3 Å². The highest BCUT2D eigenvalue weighted by molar-refractivity contribution is 5.80. The van der Waals surface area contributed by atoms with Crippen LogP contribution >= 0.6 is 0 Å². The van der Waals surface area contributed by atoms with Crippen LogP contribution in [0.25, 0.3) is 0 Å². The second kappa shape index (κ2) is 7.04. The van der Waals surface area contributed by atoms with Gasteiger partial charge in [-0.2, -0.15) is 0 Å². The molecule has 0 radical (unpaired) electrons. The van der Waals surface area contributed by atoms with E-state index in [1.807, 2.05) is 24.3 Å². The van der Waals surface area contributed by atoms with Crippen LogP contribution in [0.1, 0.15) is 18.1 Å². The number of carbonyl (C=O) groups is 1. The predicted octanol–water partition coefficient (Wildman–Crippen LogP) is 1.48. The maximum Gasteiger partial charge on any atom is 0.249 e. The fraction of sp³-hybridized carbons (Fsp3) is 0.462. The van der Waals surface area contributed by atoms with Gasteiger partial charge in [-0.25, -0.2) is 0 Å². The van der Waals surface area contributed by atoms with E-state index in [1.54, 1.807) is 14.0 Å². The van der Waals surface area contributed by atoms with Gasteiger partial charge in [0.1, 0.15) is 6.10 Å². The average molecular weight is 237 g/mol. The first-order chi connectivity index (χ1) is 8.19. The van der Waals surface area contributed by atoms with Crippen LogP contribution in [0.15, 0.2) is 24.3 Å². The van der Waals surface area contributed by atoms with E-state index in [2.05, 4.69) is 5.32 Å². The van der Waals surface area contributed by atoms with E-state index in [1.165, 1.54) is 7.11 Å². The molecule has 1 rings (SSSR count). The van der Waals surface area contributed by atoms with Crippen molar-refractivity contribution < 1.29 is 14.3 Å². The van der Waals surface area contributed by atoms with E-state index < -0.39 is 6.10 Å². The second-order valence-electron chi connectivity index (χ2n) is 3.80. The first-order valence-corrected chi connectivity index (χ1v) is 5.55. The second-order valence-corrected chi connectivity index (χ2v) is 3.80. The van der Waals surface area contributed by atoms with Gasteiger partial charge < -0.3 is 14.8 Å². The Labute approximate surface area is 102 Å². The molecule has 0 aliphatic carbocycles. The third-order valence-electron chi connectivity index (χ3n) is 2.59. The number of nitrogens with one attached hydrogen (secondary N) is 1. The van der Waals surface area contributed by atoms with Crippen molar-refractivity contribution >= 4 is 5.91 Å². The van der Waals surface area contributed by atoms with E-state index in [-0.39, 0.29) is 5.91 Å². The number of benzene rings is 1. The fourth-order valence-corrected chi connectivity index (χ4v) is 1.46. The Morgan fingerprint density at radius 1 is 1.29 bits per heavy atom. The molecule has 1 aromatic rings. The van der Waals surface area contributed by atoms with Crippen LogP contribution in [-0.2, 0) is 27.4 Å². The number of amides is 1. The quantitative estimate of drug-likeness (QED) is 0.815. The normalized spacial score (nSPS) is 12.2. The molecule has 0 spiro atoms. The minimum atomic E-state index is -0.426. The topological polar surface area (TPSA) is 47.6 Å². The summed E-state index contributed by atoms with van der Waals surface area (Å²) in [6, 6.07) is 7.87. The van der Waals surface area contributed by atoms with Crippen LogP contribution in [0.3, 0.4) is 0 Å². The van der Waals surface area contributed by atoms with Crippen LogP contribution in [-0.4, -0.2) is 26.2 Å². The van der Waals surface area contributed by atoms with Crippen molar-refractivity contribution in [2.24, 2.45) is 0 Å². The number of ether oxygens (including phenoxy) is 2. The van der Waals surface area contributed by atoms with Crippen molar-refractivity contribution in [2.75, 3.05) is 14.2 Å². The number of hydrogen-bond donors (Lipinski definition) is 1. The van der Waals surface area contributed by atoms with Crippen LogP contribution < -0.4 is 5.32 Å². The molecule has 0 bridgehead atoms. The summed E-state index contributed by atoms with van der Waals surface area (Å²) in [5.74, 6) is -0.111. The highest BCUT2D eigenvalue weighted by Gasteiger charge is 2.11. The zero-order chi connectivity index (χ0) is 12.7. The third-order valence-corrected chi connectivity index (χ3v) is 2.59. The molecule has 4 heteroatoms. The summed E-state index contributed by atoms with van der Waals surface area (Å²) in [4.78, 5) is 11.5. The smallest absolute Gasteiger partial charge is 0.249 e. The molecule has 17 heavy (non-hydrogen) atoms. The average Bonchev–Trinajstić information content (AvgIpc) is 2.36. The van der Waals surface area contributed by atoms with Gasteiger partial charge in [0.2, 0.25) is 5.91 Å². The van der Waals surface area contributed by atoms with Gasteiger partial charge in [0, 0.05) is 20.8 Å². The molecule has 0 saturated heterocycles. The van der Waals surface area contributed by atoms with Crippen molar-refractivity contribution in [2.45, 2.75) is 26.2 Å². The summed E-state index contributed by atoms with van der Waals surface area (Å²) in [6.45, 7) is 2.76. The van der Waals surface area contributed by atoms with Crippen molar-refractivity contribution in [3.8, 4) is 0 Å². The number of rotatable bonds is 6. The molecule has 94 valence electrons. The van der Waals surface area contributed by atoms with Gasteiger partial charge in [0.25, 0.3) is 0 Å². The first-order valence-electron chi connectivity index (χ1n) is 5.55. The van der Waals surface area contributed by atoms with Crippen LogP contribution in [0.2, 0.25) is 0 Å². The summed E-state index contributed by atoms with van der Waals surface area (Å²) in [6.07, 6.45) is -0.426. The standard InChI is InChI=1S/C13H19NO3/c1-10(17-3)13(15)14-8-11-6-4-5-7-12(11)9-16-2/h4-7,10H,8-9H2,1-3H3,(H,14,15)/t10-/m0/s1. The van der Waals surface area contributed by atoms with Gasteiger partial charge in [-0.15, -0.1) is 0 Å². The zero-order valence-electron chi connectivity index (χ0n) is 10.5. The molecule has 0 aliphatic rings. The fourth-order valence-electron chi connectivity index (χ4n) is 1.46. The van der Waals surface area contributed by atoms with E-state index in [0.717, 1.165) is 11.1 Å². The van der Waals surface area contributed by atoms with Crippen molar-refractivity contribution in [1.82, 2.24) is 5.32 Å². The summed E-state index contributed by atoms with van der Waals surface area (Å²) in [5.41, 5.74) is 2.14. The Morgan fingerprint density at radius 2 is 1.94 bits per heavy atom. The molecule has 1 aromatic carbocycles. The van der Waals surface area contributed by atoms with Gasteiger partial charge >= 0.3 is 0 Å². The highest BCUT2D eigenvalue weighted by Crippen LogP contribution is 2.09. The molecular formula is C13H19NO3. The minimum Gasteiger partial charge on any atom is -0.380 e. The minimum absolute atomic E-state index is 0.111. The molecule has 0 fully saturated rings. The zero-order valence-corrected chi connectivity index (χ0v) is 10.5. The molecule has 1 amide bonds. The third kappa shape index (κ3) is 4.17. The predicted molar refractivity (Wildman–Crippen MR) is 65.5 cm³/mol. The van der Waals surface area contributed by atoms with Crippen molar-refractivity contribution in [3.05, 3.63) is 35.4 Å². The van der Waals surface area contributed by atoms with Gasteiger partial charge in [0.15, 0.2) is 0 Å². The summed E-state index contributed by atoms with van der Waals surface area (Å²) >= 11 is 0. The molecule has 0 aromatic heterocycles. The lowest BCUT2D eigenvalue weighted by atomic mass is 10.1. The molecule has 0 heterocycles. The van der Waals surface area contributed by atoms with E-state index in [0.29, 0.717) is 13.2 Å². The Bertz CT molecular complexity index is 365. The Morgan fingerprint density at radius 3 is 2.53 bits per heavy atom. The molecule has 1 atom stereocenters. The highest BCUT2D eigenvalue weighted by atomic mass is 16.5. The first kappa shape index (κ1) is 13.7. The maximum absolute atomic E-state index is 11.5. The summed E-state index contributed by atoms with van der Waals surface area (Å²) in [5, 5.41) is 2.83. The summed E-state index contributed by atoms with van der Waals surface area (Å²) in [7, 11) is 3.17. The van der Waals surface area contributed by atoms with Crippen molar-refractivity contribution in [3.63, 3.8) is 0 Å². The molecule has 0 unspecified atom stereocenters. The van der Waals surface area contributed by atoms with Crippen LogP contribution in [0, 0.1) is 0 Å². The van der Waals surface area contributed by atoms with Gasteiger partial charge in [-0.05, 0) is 18.1 Å². The van der Waals surface area contributed by atoms with E-state index in [9.17, 15) is 4.79 Å². The van der Waals surface area contributed by atoms with Crippen LogP contribution in [0.4, 0.5) is 0 Å². The van der Waals surface area contributed by atoms with Crippen molar-refractivity contribution in [1.29, 1.82) is 0 Å². The summed E-state index contributed by atoms with van der Waals surface area (Å²) < 4.78 is 10.0. The molecule has 1 N–H and O–H groups in total. The lowest BCUT2D eigenvalue weighted by Gasteiger charge is -2.12. The lowest BCUT2D eigenvalue weighted by Crippen LogP contribution is -2.33. The maximum atomic E-state index is 11.5. The lowest BCUT2D eigenvalue weighted by molar-refractivity contribution is -0.130. The Kier molecular flexibility index (Phi) is 5.66. The molecule has 0 saturated carbocycles. The van der Waals surface area contributed by atoms with Gasteiger partial charge in [0.05, 0.1) is 6.61 Å². The molecule has 0 aliphatic heterocycles. The Balaban J connectivity index is 2.59. The van der Waals surface area contributed by atoms with E-state index in [4.69, 9.17) is 9.47 Å². The molecular weight excluding hydrogens is 218 g/mol. The number of hydrogen-bond acceptors (Lipinski definition) is 3. The Hall–Kier alpha value is -1.39.